The zero-order valence-corrected chi connectivity index (χ0v) is 12.7. The topological polar surface area (TPSA) is 55.6 Å². The third-order valence-corrected chi connectivity index (χ3v) is 3.39. The second kappa shape index (κ2) is 6.50. The van der Waals surface area contributed by atoms with Gasteiger partial charge in [-0.15, -0.1) is 0 Å². The molecule has 0 saturated carbocycles. The molecule has 110 valence electrons. The van der Waals surface area contributed by atoms with Crippen LogP contribution in [0.25, 0.3) is 0 Å². The fourth-order valence-corrected chi connectivity index (χ4v) is 1.97. The normalized spacial score (nSPS) is 10.2. The third kappa shape index (κ3) is 3.89. The number of hydrogen-bond acceptors (Lipinski definition) is 3. The molecule has 2 aromatic rings. The number of carbonyl (C=O) groups excluding carboxylic acids is 1. The van der Waals surface area contributed by atoms with Gasteiger partial charge in [0.05, 0.1) is 0 Å². The zero-order valence-electron chi connectivity index (χ0n) is 12.0. The van der Waals surface area contributed by atoms with Crippen molar-refractivity contribution >= 4 is 28.9 Å². The number of amides is 1. The molecular formula is C16H17ClN2O2. The van der Waals surface area contributed by atoms with Crippen LogP contribution < -0.4 is 15.4 Å². The summed E-state index contributed by atoms with van der Waals surface area (Å²) in [5, 5.41) is 0.579. The lowest BCUT2D eigenvalue weighted by Gasteiger charge is -2.18. The van der Waals surface area contributed by atoms with Crippen LogP contribution in [0.3, 0.4) is 0 Å². The van der Waals surface area contributed by atoms with Gasteiger partial charge in [-0.05, 0) is 48.9 Å². The maximum atomic E-state index is 12.1. The Balaban J connectivity index is 2.01. The summed E-state index contributed by atoms with van der Waals surface area (Å²) in [5.74, 6) is 0.459. The molecule has 2 N–H and O–H groups in total. The number of halogens is 1. The standard InChI is InChI=1S/C16H17ClN2O2/c1-11-3-4-12(17)9-15(11)21-10-16(20)19(2)14-7-5-13(18)6-8-14/h3-9H,10,18H2,1-2H3. The van der Waals surface area contributed by atoms with E-state index in [0.717, 1.165) is 11.3 Å². The van der Waals surface area contributed by atoms with Crippen molar-refractivity contribution in [2.24, 2.45) is 0 Å². The van der Waals surface area contributed by atoms with Crippen LogP contribution in [0.5, 0.6) is 5.75 Å². The van der Waals surface area contributed by atoms with Crippen molar-refractivity contribution in [2.45, 2.75) is 6.92 Å². The van der Waals surface area contributed by atoms with E-state index in [-0.39, 0.29) is 12.5 Å². The summed E-state index contributed by atoms with van der Waals surface area (Å²) in [7, 11) is 1.70. The van der Waals surface area contributed by atoms with E-state index in [2.05, 4.69) is 0 Å². The molecule has 5 heteroatoms. The highest BCUT2D eigenvalue weighted by Gasteiger charge is 2.12. The number of anilines is 2. The highest BCUT2D eigenvalue weighted by molar-refractivity contribution is 6.30. The molecule has 0 aromatic heterocycles. The van der Waals surface area contributed by atoms with E-state index in [1.54, 1.807) is 43.4 Å². The van der Waals surface area contributed by atoms with Gasteiger partial charge in [-0.2, -0.15) is 0 Å². The summed E-state index contributed by atoms with van der Waals surface area (Å²) in [6, 6.07) is 12.4. The van der Waals surface area contributed by atoms with Gasteiger partial charge in [0, 0.05) is 23.4 Å². The molecule has 0 fully saturated rings. The average molecular weight is 305 g/mol. The number of benzene rings is 2. The number of ether oxygens (including phenoxy) is 1. The van der Waals surface area contributed by atoms with Gasteiger partial charge in [0.1, 0.15) is 5.75 Å². The fourth-order valence-electron chi connectivity index (χ4n) is 1.81. The molecule has 0 saturated heterocycles. The third-order valence-electron chi connectivity index (χ3n) is 3.16. The molecule has 0 unspecified atom stereocenters. The Bertz CT molecular complexity index is 641. The van der Waals surface area contributed by atoms with Gasteiger partial charge < -0.3 is 15.4 Å². The summed E-state index contributed by atoms with van der Waals surface area (Å²) >= 11 is 5.92. The smallest absolute Gasteiger partial charge is 0.264 e. The lowest BCUT2D eigenvalue weighted by molar-refractivity contribution is -0.120. The van der Waals surface area contributed by atoms with E-state index in [1.807, 2.05) is 13.0 Å². The second-order valence-corrected chi connectivity index (χ2v) is 5.18. The number of carbonyl (C=O) groups is 1. The number of likely N-dealkylation sites (N-methyl/N-ethyl adjacent to an activating group) is 1. The van der Waals surface area contributed by atoms with Crippen molar-refractivity contribution in [1.29, 1.82) is 0 Å². The Morgan fingerprint density at radius 1 is 1.24 bits per heavy atom. The molecule has 4 nitrogen and oxygen atoms in total. The predicted octanol–water partition coefficient (Wildman–Crippen LogP) is 3.27. The van der Waals surface area contributed by atoms with Crippen LogP contribution in [0.15, 0.2) is 42.5 Å². The van der Waals surface area contributed by atoms with Crippen LogP contribution in [0.1, 0.15) is 5.56 Å². The van der Waals surface area contributed by atoms with Crippen molar-refractivity contribution in [3.63, 3.8) is 0 Å². The number of aryl methyl sites for hydroxylation is 1. The summed E-state index contributed by atoms with van der Waals surface area (Å²) in [6.07, 6.45) is 0. The molecule has 0 heterocycles. The Morgan fingerprint density at radius 2 is 1.90 bits per heavy atom. The maximum Gasteiger partial charge on any atom is 0.264 e. The summed E-state index contributed by atoms with van der Waals surface area (Å²) in [4.78, 5) is 13.7. The molecule has 2 aromatic carbocycles. The first-order chi connectivity index (χ1) is 9.97. The first kappa shape index (κ1) is 15.2. The molecule has 0 bridgehead atoms. The zero-order chi connectivity index (χ0) is 15.4. The molecule has 2 rings (SSSR count). The Hall–Kier alpha value is -2.20. The van der Waals surface area contributed by atoms with E-state index in [0.29, 0.717) is 16.5 Å². The van der Waals surface area contributed by atoms with Gasteiger partial charge in [-0.1, -0.05) is 17.7 Å². The van der Waals surface area contributed by atoms with E-state index in [4.69, 9.17) is 22.1 Å². The van der Waals surface area contributed by atoms with E-state index in [1.165, 1.54) is 4.90 Å². The van der Waals surface area contributed by atoms with Crippen LogP contribution in [0.2, 0.25) is 5.02 Å². The number of hydrogen-bond donors (Lipinski definition) is 1. The van der Waals surface area contributed by atoms with Gasteiger partial charge in [0.15, 0.2) is 6.61 Å². The van der Waals surface area contributed by atoms with Crippen molar-refractivity contribution in [1.82, 2.24) is 0 Å². The number of nitrogens with two attached hydrogens (primary N) is 1. The van der Waals surface area contributed by atoms with Crippen LogP contribution in [0, 0.1) is 6.92 Å². The first-order valence-electron chi connectivity index (χ1n) is 6.48. The summed E-state index contributed by atoms with van der Waals surface area (Å²) < 4.78 is 5.55. The maximum absolute atomic E-state index is 12.1. The lowest BCUT2D eigenvalue weighted by atomic mass is 10.2. The minimum atomic E-state index is -0.154. The number of rotatable bonds is 4. The molecule has 0 radical (unpaired) electrons. The Labute approximate surface area is 129 Å². The van der Waals surface area contributed by atoms with Crippen LogP contribution in [-0.4, -0.2) is 19.6 Å². The molecule has 0 aliphatic rings. The van der Waals surface area contributed by atoms with Gasteiger partial charge >= 0.3 is 0 Å². The van der Waals surface area contributed by atoms with Gasteiger partial charge in [-0.25, -0.2) is 0 Å². The van der Waals surface area contributed by atoms with E-state index >= 15 is 0 Å². The van der Waals surface area contributed by atoms with Crippen molar-refractivity contribution in [3.8, 4) is 5.75 Å². The molecule has 21 heavy (non-hydrogen) atoms. The SMILES string of the molecule is Cc1ccc(Cl)cc1OCC(=O)N(C)c1ccc(N)cc1. The minimum absolute atomic E-state index is 0.0535. The molecule has 0 spiro atoms. The summed E-state index contributed by atoms with van der Waals surface area (Å²) in [5.41, 5.74) is 7.98. The van der Waals surface area contributed by atoms with Crippen molar-refractivity contribution in [3.05, 3.63) is 53.1 Å². The Morgan fingerprint density at radius 3 is 2.57 bits per heavy atom. The second-order valence-electron chi connectivity index (χ2n) is 4.74. The van der Waals surface area contributed by atoms with Gasteiger partial charge in [0.2, 0.25) is 0 Å². The lowest BCUT2D eigenvalue weighted by Crippen LogP contribution is -2.31. The molecule has 1 amide bonds. The van der Waals surface area contributed by atoms with Crippen molar-refractivity contribution in [2.75, 3.05) is 24.3 Å². The molecule has 0 atom stereocenters. The van der Waals surface area contributed by atoms with E-state index in [9.17, 15) is 4.79 Å². The highest BCUT2D eigenvalue weighted by atomic mass is 35.5. The van der Waals surface area contributed by atoms with Crippen LogP contribution >= 0.6 is 11.6 Å². The van der Waals surface area contributed by atoms with Crippen LogP contribution in [0.4, 0.5) is 11.4 Å². The summed E-state index contributed by atoms with van der Waals surface area (Å²) in [6.45, 7) is 1.85. The van der Waals surface area contributed by atoms with Gasteiger partial charge in [-0.3, -0.25) is 4.79 Å². The van der Waals surface area contributed by atoms with E-state index < -0.39 is 0 Å². The van der Waals surface area contributed by atoms with Crippen LogP contribution in [-0.2, 0) is 4.79 Å². The molecule has 0 aliphatic heterocycles. The minimum Gasteiger partial charge on any atom is -0.483 e. The number of nitrogens with zero attached hydrogens (tertiary/aromatic N) is 1. The van der Waals surface area contributed by atoms with Gasteiger partial charge in [0.25, 0.3) is 5.91 Å². The molecular weight excluding hydrogens is 288 g/mol. The van der Waals surface area contributed by atoms with Crippen molar-refractivity contribution < 1.29 is 9.53 Å². The first-order valence-corrected chi connectivity index (χ1v) is 6.86. The fraction of sp³-hybridized carbons (Fsp3) is 0.188. The largest absolute Gasteiger partial charge is 0.483 e. The highest BCUT2D eigenvalue weighted by Crippen LogP contribution is 2.22. The quantitative estimate of drug-likeness (QED) is 0.882. The Kier molecular flexibility index (Phi) is 4.70. The average Bonchev–Trinajstić information content (AvgIpc) is 2.48. The molecule has 0 aliphatic carbocycles. The number of nitrogen functional groups attached to an aromatic ring is 1. The predicted molar refractivity (Wildman–Crippen MR) is 85.9 cm³/mol. The monoisotopic (exact) mass is 304 g/mol.